The van der Waals surface area contributed by atoms with E-state index in [1.807, 2.05) is 7.05 Å². The minimum atomic E-state index is 0.360. The highest BCUT2D eigenvalue weighted by molar-refractivity contribution is 5.76. The van der Waals surface area contributed by atoms with Gasteiger partial charge in [-0.15, -0.1) is 0 Å². The minimum Gasteiger partial charge on any atom is -0.343 e. The van der Waals surface area contributed by atoms with Crippen LogP contribution in [0.1, 0.15) is 64.7 Å². The molecule has 2 rings (SSSR count). The Bertz CT molecular complexity index is 297. The topological polar surface area (TPSA) is 46.3 Å². The molecule has 19 heavy (non-hydrogen) atoms. The van der Waals surface area contributed by atoms with Crippen molar-refractivity contribution in [2.24, 2.45) is 17.6 Å². The lowest BCUT2D eigenvalue weighted by Gasteiger charge is -2.37. The van der Waals surface area contributed by atoms with Gasteiger partial charge >= 0.3 is 0 Å². The SMILES string of the molecule is CC1CCCCC1N(C)C(=O)CC1CCC(N)CC1. The van der Waals surface area contributed by atoms with Crippen LogP contribution in [0.2, 0.25) is 0 Å². The molecule has 2 aliphatic carbocycles. The number of hydrogen-bond donors (Lipinski definition) is 1. The number of nitrogens with zero attached hydrogens (tertiary/aromatic N) is 1. The first-order valence-corrected chi connectivity index (χ1v) is 8.09. The molecular formula is C16H30N2O. The molecule has 0 aromatic heterocycles. The molecule has 2 atom stereocenters. The van der Waals surface area contributed by atoms with Crippen LogP contribution in [0.4, 0.5) is 0 Å². The molecule has 0 heterocycles. The van der Waals surface area contributed by atoms with Gasteiger partial charge in [0, 0.05) is 25.6 Å². The predicted molar refractivity (Wildman–Crippen MR) is 78.7 cm³/mol. The van der Waals surface area contributed by atoms with Crippen LogP contribution in [0, 0.1) is 11.8 Å². The van der Waals surface area contributed by atoms with Crippen LogP contribution in [0.15, 0.2) is 0 Å². The Morgan fingerprint density at radius 2 is 1.74 bits per heavy atom. The molecule has 110 valence electrons. The molecular weight excluding hydrogens is 236 g/mol. The highest BCUT2D eigenvalue weighted by Crippen LogP contribution is 2.30. The molecule has 0 radical (unpaired) electrons. The van der Waals surface area contributed by atoms with Crippen LogP contribution in [0.25, 0.3) is 0 Å². The summed E-state index contributed by atoms with van der Waals surface area (Å²) in [5.41, 5.74) is 5.93. The van der Waals surface area contributed by atoms with Crippen molar-refractivity contribution in [3.63, 3.8) is 0 Å². The van der Waals surface area contributed by atoms with Gasteiger partial charge in [-0.2, -0.15) is 0 Å². The van der Waals surface area contributed by atoms with Gasteiger partial charge in [0.2, 0.25) is 5.91 Å². The molecule has 0 aromatic rings. The van der Waals surface area contributed by atoms with E-state index in [2.05, 4.69) is 11.8 Å². The smallest absolute Gasteiger partial charge is 0.222 e. The average Bonchev–Trinajstić information content (AvgIpc) is 2.41. The van der Waals surface area contributed by atoms with Crippen LogP contribution in [0.5, 0.6) is 0 Å². The van der Waals surface area contributed by atoms with Gasteiger partial charge in [0.05, 0.1) is 0 Å². The van der Waals surface area contributed by atoms with Crippen molar-refractivity contribution in [2.45, 2.75) is 76.8 Å². The third kappa shape index (κ3) is 3.95. The van der Waals surface area contributed by atoms with Crippen LogP contribution < -0.4 is 5.73 Å². The van der Waals surface area contributed by atoms with Crippen molar-refractivity contribution in [1.82, 2.24) is 4.90 Å². The number of carbonyl (C=O) groups is 1. The summed E-state index contributed by atoms with van der Waals surface area (Å²) in [5, 5.41) is 0. The van der Waals surface area contributed by atoms with Gasteiger partial charge in [-0.05, 0) is 50.4 Å². The number of rotatable bonds is 3. The van der Waals surface area contributed by atoms with Gasteiger partial charge in [-0.25, -0.2) is 0 Å². The Labute approximate surface area is 117 Å². The fourth-order valence-corrected chi connectivity index (χ4v) is 3.84. The first kappa shape index (κ1) is 14.8. The summed E-state index contributed by atoms with van der Waals surface area (Å²) in [6.07, 6.45) is 10.3. The van der Waals surface area contributed by atoms with E-state index in [1.165, 1.54) is 25.7 Å². The Kier molecular flexibility index (Phi) is 5.26. The quantitative estimate of drug-likeness (QED) is 0.853. The minimum absolute atomic E-state index is 0.360. The van der Waals surface area contributed by atoms with E-state index in [9.17, 15) is 4.79 Å². The third-order valence-electron chi connectivity index (χ3n) is 5.31. The van der Waals surface area contributed by atoms with Gasteiger partial charge in [0.1, 0.15) is 0 Å². The van der Waals surface area contributed by atoms with E-state index in [0.29, 0.717) is 29.8 Å². The molecule has 0 bridgehead atoms. The molecule has 1 amide bonds. The van der Waals surface area contributed by atoms with Crippen LogP contribution in [-0.4, -0.2) is 29.9 Å². The maximum atomic E-state index is 12.4. The van der Waals surface area contributed by atoms with Crippen molar-refractivity contribution < 1.29 is 4.79 Å². The van der Waals surface area contributed by atoms with E-state index in [0.717, 1.165) is 32.1 Å². The molecule has 2 fully saturated rings. The van der Waals surface area contributed by atoms with Crippen molar-refractivity contribution >= 4 is 5.91 Å². The first-order valence-electron chi connectivity index (χ1n) is 8.09. The third-order valence-corrected chi connectivity index (χ3v) is 5.31. The molecule has 0 spiro atoms. The maximum absolute atomic E-state index is 12.4. The van der Waals surface area contributed by atoms with Gasteiger partial charge in [-0.3, -0.25) is 4.79 Å². The van der Waals surface area contributed by atoms with Gasteiger partial charge < -0.3 is 10.6 Å². The molecule has 3 nitrogen and oxygen atoms in total. The summed E-state index contributed by atoms with van der Waals surface area (Å²) in [5.74, 6) is 1.61. The molecule has 2 saturated carbocycles. The fraction of sp³-hybridized carbons (Fsp3) is 0.938. The van der Waals surface area contributed by atoms with Crippen LogP contribution in [0.3, 0.4) is 0 Å². The van der Waals surface area contributed by atoms with Gasteiger partial charge in [0.15, 0.2) is 0 Å². The summed E-state index contributed by atoms with van der Waals surface area (Å²) in [6.45, 7) is 2.30. The first-order chi connectivity index (χ1) is 9.08. The largest absolute Gasteiger partial charge is 0.343 e. The molecule has 0 saturated heterocycles. The standard InChI is InChI=1S/C16H30N2O/c1-12-5-3-4-6-15(12)18(2)16(19)11-13-7-9-14(17)10-8-13/h12-15H,3-11,17H2,1-2H3. The second kappa shape index (κ2) is 6.74. The number of amides is 1. The van der Waals surface area contributed by atoms with Crippen molar-refractivity contribution in [3.8, 4) is 0 Å². The second-order valence-electron chi connectivity index (χ2n) is 6.82. The monoisotopic (exact) mass is 266 g/mol. The highest BCUT2D eigenvalue weighted by Gasteiger charge is 2.29. The van der Waals surface area contributed by atoms with Crippen molar-refractivity contribution in [2.75, 3.05) is 7.05 Å². The lowest BCUT2D eigenvalue weighted by atomic mass is 9.82. The van der Waals surface area contributed by atoms with Crippen molar-refractivity contribution in [3.05, 3.63) is 0 Å². The maximum Gasteiger partial charge on any atom is 0.222 e. The number of hydrogen-bond acceptors (Lipinski definition) is 2. The van der Waals surface area contributed by atoms with E-state index >= 15 is 0 Å². The van der Waals surface area contributed by atoms with Crippen LogP contribution >= 0.6 is 0 Å². The lowest BCUT2D eigenvalue weighted by Crippen LogP contribution is -2.43. The summed E-state index contributed by atoms with van der Waals surface area (Å²) in [7, 11) is 2.02. The van der Waals surface area contributed by atoms with Crippen molar-refractivity contribution in [1.29, 1.82) is 0 Å². The average molecular weight is 266 g/mol. The Morgan fingerprint density at radius 1 is 1.11 bits per heavy atom. The molecule has 0 aliphatic heterocycles. The van der Waals surface area contributed by atoms with E-state index < -0.39 is 0 Å². The Morgan fingerprint density at radius 3 is 2.37 bits per heavy atom. The normalized spacial score (nSPS) is 35.9. The summed E-state index contributed by atoms with van der Waals surface area (Å²) in [6, 6.07) is 0.856. The molecule has 3 heteroatoms. The van der Waals surface area contributed by atoms with E-state index in [-0.39, 0.29) is 0 Å². The molecule has 2 unspecified atom stereocenters. The molecule has 0 aromatic carbocycles. The van der Waals surface area contributed by atoms with Crippen LogP contribution in [-0.2, 0) is 4.79 Å². The fourth-order valence-electron chi connectivity index (χ4n) is 3.84. The van der Waals surface area contributed by atoms with E-state index in [1.54, 1.807) is 0 Å². The van der Waals surface area contributed by atoms with E-state index in [4.69, 9.17) is 5.73 Å². The molecule has 2 N–H and O–H groups in total. The lowest BCUT2D eigenvalue weighted by molar-refractivity contribution is -0.134. The Hall–Kier alpha value is -0.570. The second-order valence-corrected chi connectivity index (χ2v) is 6.82. The zero-order valence-electron chi connectivity index (χ0n) is 12.6. The number of nitrogens with two attached hydrogens (primary N) is 1. The summed E-state index contributed by atoms with van der Waals surface area (Å²) < 4.78 is 0. The zero-order valence-corrected chi connectivity index (χ0v) is 12.6. The molecule has 2 aliphatic rings. The Balaban J connectivity index is 1.81. The van der Waals surface area contributed by atoms with Gasteiger partial charge in [0.25, 0.3) is 0 Å². The predicted octanol–water partition coefficient (Wildman–Crippen LogP) is 2.93. The highest BCUT2D eigenvalue weighted by atomic mass is 16.2. The summed E-state index contributed by atoms with van der Waals surface area (Å²) in [4.78, 5) is 14.5. The number of carbonyl (C=O) groups excluding carboxylic acids is 1. The van der Waals surface area contributed by atoms with Gasteiger partial charge in [-0.1, -0.05) is 19.8 Å². The zero-order chi connectivity index (χ0) is 13.8. The summed E-state index contributed by atoms with van der Waals surface area (Å²) >= 11 is 0.